The molecule has 2 unspecified atom stereocenters. The highest BCUT2D eigenvalue weighted by molar-refractivity contribution is 5.76. The van der Waals surface area contributed by atoms with Gasteiger partial charge in [0.15, 0.2) is 0 Å². The van der Waals surface area contributed by atoms with Gasteiger partial charge in [-0.15, -0.1) is 0 Å². The lowest BCUT2D eigenvalue weighted by atomic mass is 10.0. The summed E-state index contributed by atoms with van der Waals surface area (Å²) >= 11 is 0. The van der Waals surface area contributed by atoms with Crippen LogP contribution in [0, 0.1) is 0 Å². The van der Waals surface area contributed by atoms with E-state index in [2.05, 4.69) is 43.5 Å². The Kier molecular flexibility index (Phi) is 50.1. The van der Waals surface area contributed by atoms with Gasteiger partial charge in [-0.1, -0.05) is 230 Å². The number of hydrogen-bond acceptors (Lipinski definition) is 5. The summed E-state index contributed by atoms with van der Waals surface area (Å²) in [6, 6.07) is -0.666. The molecule has 62 heavy (non-hydrogen) atoms. The summed E-state index contributed by atoms with van der Waals surface area (Å²) in [6.07, 6.45) is 63.0. The van der Waals surface area contributed by atoms with Crippen LogP contribution in [0.4, 0.5) is 0 Å². The molecule has 0 saturated heterocycles. The van der Waals surface area contributed by atoms with Gasteiger partial charge < -0.3 is 20.3 Å². The van der Waals surface area contributed by atoms with Gasteiger partial charge in [-0.25, -0.2) is 0 Å². The van der Waals surface area contributed by atoms with Crippen molar-refractivity contribution in [1.82, 2.24) is 5.32 Å². The van der Waals surface area contributed by atoms with Crippen molar-refractivity contribution in [3.05, 3.63) is 36.5 Å². The summed E-state index contributed by atoms with van der Waals surface area (Å²) in [6.45, 7) is 4.81. The molecule has 0 aromatic rings. The molecule has 0 aromatic heterocycles. The first-order chi connectivity index (χ1) is 30.5. The molecule has 0 heterocycles. The molecule has 0 saturated carbocycles. The number of carbonyl (C=O) groups excluding carboxylic acids is 2. The molecule has 0 rings (SSSR count). The van der Waals surface area contributed by atoms with Crippen molar-refractivity contribution in [1.29, 1.82) is 0 Å². The van der Waals surface area contributed by atoms with Gasteiger partial charge in [0.1, 0.15) is 0 Å². The maximum absolute atomic E-state index is 12.4. The van der Waals surface area contributed by atoms with E-state index in [4.69, 9.17) is 4.74 Å². The highest BCUT2D eigenvalue weighted by Gasteiger charge is 2.17. The predicted octanol–water partition coefficient (Wildman–Crippen LogP) is 16.5. The Morgan fingerprint density at radius 1 is 0.435 bits per heavy atom. The fraction of sp³-hybridized carbons (Fsp3) is 0.857. The zero-order chi connectivity index (χ0) is 45.1. The minimum Gasteiger partial charge on any atom is -0.466 e. The Morgan fingerprint density at radius 3 is 1.18 bits per heavy atom. The summed E-state index contributed by atoms with van der Waals surface area (Å²) in [5.74, 6) is -0.169. The largest absolute Gasteiger partial charge is 0.466 e. The number of nitrogens with one attached hydrogen (secondary N) is 1. The minimum atomic E-state index is -0.876. The number of unbranched alkanes of at least 4 members (excludes halogenated alkanes) is 35. The molecule has 0 aliphatic rings. The van der Waals surface area contributed by atoms with Crippen molar-refractivity contribution in [2.75, 3.05) is 13.2 Å². The molecular weight excluding hydrogens is 767 g/mol. The van der Waals surface area contributed by atoms with E-state index in [9.17, 15) is 19.8 Å². The van der Waals surface area contributed by atoms with E-state index >= 15 is 0 Å². The second-order valence-electron chi connectivity index (χ2n) is 18.5. The molecule has 0 radical (unpaired) electrons. The summed E-state index contributed by atoms with van der Waals surface area (Å²) in [4.78, 5) is 24.5. The minimum absolute atomic E-state index is 0.0410. The molecule has 0 bridgehead atoms. The lowest BCUT2D eigenvalue weighted by Gasteiger charge is -2.19. The highest BCUT2D eigenvalue weighted by Crippen LogP contribution is 2.16. The van der Waals surface area contributed by atoms with Crippen LogP contribution in [0.2, 0.25) is 0 Å². The van der Waals surface area contributed by atoms with E-state index in [1.807, 2.05) is 6.08 Å². The van der Waals surface area contributed by atoms with Crippen LogP contribution in [0.25, 0.3) is 0 Å². The van der Waals surface area contributed by atoms with Crippen molar-refractivity contribution in [3.8, 4) is 0 Å². The first-order valence-corrected chi connectivity index (χ1v) is 27.3. The maximum Gasteiger partial charge on any atom is 0.305 e. The molecule has 0 aliphatic heterocycles. The average molecular weight is 872 g/mol. The number of aliphatic hydroxyl groups excluding tert-OH is 2. The number of amides is 1. The zero-order valence-corrected chi connectivity index (χ0v) is 41.4. The van der Waals surface area contributed by atoms with E-state index < -0.39 is 12.1 Å². The number of esters is 1. The van der Waals surface area contributed by atoms with Crippen LogP contribution in [0.1, 0.15) is 284 Å². The number of carbonyl (C=O) groups is 2. The third-order valence-corrected chi connectivity index (χ3v) is 12.4. The molecule has 6 heteroatoms. The van der Waals surface area contributed by atoms with E-state index in [1.54, 1.807) is 6.08 Å². The first-order valence-electron chi connectivity index (χ1n) is 27.3. The standard InChI is InChI=1S/C56H105NO5/c1-3-5-7-9-11-13-15-17-19-21-23-25-27-29-32-36-40-44-48-54(59)53(52-58)57-55(60)49-45-41-37-33-31-35-39-43-47-51-62-56(61)50-46-42-38-34-30-28-26-24-22-20-18-16-14-12-10-8-6-4-2/h20,22,33,37,44,48,53-54,58-59H,3-19,21,23-32,34-36,38-43,45-47,49-52H2,1-2H3,(H,57,60)/b22-20-,37-33-,48-44+. The van der Waals surface area contributed by atoms with Gasteiger partial charge in [-0.05, 0) is 77.0 Å². The number of allylic oxidation sites excluding steroid dienone is 5. The SMILES string of the molecule is CCCCCCCCC/C=C\CCCCCCCCCC(=O)OCCCCCC/C=C\CCCC(=O)NC(CO)C(O)/C=C/CCCCCCCCCCCCCCCCCC. The lowest BCUT2D eigenvalue weighted by Crippen LogP contribution is -2.45. The van der Waals surface area contributed by atoms with Crippen molar-refractivity contribution in [3.63, 3.8) is 0 Å². The van der Waals surface area contributed by atoms with Gasteiger partial charge in [0.25, 0.3) is 0 Å². The third kappa shape index (κ3) is 47.6. The van der Waals surface area contributed by atoms with Crippen molar-refractivity contribution in [2.45, 2.75) is 296 Å². The van der Waals surface area contributed by atoms with E-state index in [1.165, 1.54) is 186 Å². The monoisotopic (exact) mass is 872 g/mol. The Labute approximate surface area is 385 Å². The van der Waals surface area contributed by atoms with Crippen molar-refractivity contribution < 1.29 is 24.5 Å². The maximum atomic E-state index is 12.4. The number of rotatable bonds is 50. The predicted molar refractivity (Wildman–Crippen MR) is 269 cm³/mol. The van der Waals surface area contributed by atoms with Crippen molar-refractivity contribution >= 4 is 11.9 Å². The van der Waals surface area contributed by atoms with Gasteiger partial charge in [0.2, 0.25) is 5.91 Å². The van der Waals surface area contributed by atoms with Crippen LogP contribution < -0.4 is 5.32 Å². The molecule has 1 amide bonds. The Hall–Kier alpha value is -1.92. The van der Waals surface area contributed by atoms with E-state index in [-0.39, 0.29) is 18.5 Å². The number of hydrogen-bond donors (Lipinski definition) is 3. The highest BCUT2D eigenvalue weighted by atomic mass is 16.5. The van der Waals surface area contributed by atoms with Crippen LogP contribution in [0.15, 0.2) is 36.5 Å². The first kappa shape index (κ1) is 60.1. The van der Waals surface area contributed by atoms with Gasteiger partial charge >= 0.3 is 5.97 Å². The van der Waals surface area contributed by atoms with Gasteiger partial charge in [0, 0.05) is 12.8 Å². The summed E-state index contributed by atoms with van der Waals surface area (Å²) in [5, 5.41) is 23.1. The van der Waals surface area contributed by atoms with Crippen LogP contribution in [0.5, 0.6) is 0 Å². The Balaban J connectivity index is 3.56. The third-order valence-electron chi connectivity index (χ3n) is 12.4. The van der Waals surface area contributed by atoms with E-state index in [0.29, 0.717) is 19.4 Å². The van der Waals surface area contributed by atoms with Crippen LogP contribution in [-0.4, -0.2) is 47.4 Å². The molecule has 0 spiro atoms. The number of aliphatic hydroxyl groups is 2. The van der Waals surface area contributed by atoms with Crippen LogP contribution >= 0.6 is 0 Å². The average Bonchev–Trinajstić information content (AvgIpc) is 3.27. The normalized spacial score (nSPS) is 12.9. The smallest absolute Gasteiger partial charge is 0.305 e. The molecule has 2 atom stereocenters. The Morgan fingerprint density at radius 2 is 0.774 bits per heavy atom. The Bertz CT molecular complexity index is 1010. The zero-order valence-electron chi connectivity index (χ0n) is 41.4. The topological polar surface area (TPSA) is 95.9 Å². The second kappa shape index (κ2) is 51.7. The van der Waals surface area contributed by atoms with Crippen LogP contribution in [0.3, 0.4) is 0 Å². The second-order valence-corrected chi connectivity index (χ2v) is 18.5. The van der Waals surface area contributed by atoms with Gasteiger partial charge in [-0.3, -0.25) is 9.59 Å². The molecular formula is C56H105NO5. The van der Waals surface area contributed by atoms with Gasteiger partial charge in [-0.2, -0.15) is 0 Å². The summed E-state index contributed by atoms with van der Waals surface area (Å²) in [7, 11) is 0. The molecule has 364 valence electrons. The summed E-state index contributed by atoms with van der Waals surface area (Å²) < 4.78 is 5.45. The number of ether oxygens (including phenoxy) is 1. The van der Waals surface area contributed by atoms with Crippen molar-refractivity contribution in [2.24, 2.45) is 0 Å². The molecule has 3 N–H and O–H groups in total. The molecule has 0 aliphatic carbocycles. The van der Waals surface area contributed by atoms with Crippen LogP contribution in [-0.2, 0) is 14.3 Å². The quantitative estimate of drug-likeness (QED) is 0.0321. The molecule has 6 nitrogen and oxygen atoms in total. The molecule has 0 fully saturated rings. The molecule has 0 aromatic carbocycles. The van der Waals surface area contributed by atoms with Gasteiger partial charge in [0.05, 0.1) is 25.4 Å². The van der Waals surface area contributed by atoms with E-state index in [0.717, 1.165) is 70.6 Å². The fourth-order valence-electron chi connectivity index (χ4n) is 8.16. The lowest BCUT2D eigenvalue weighted by molar-refractivity contribution is -0.143. The fourth-order valence-corrected chi connectivity index (χ4v) is 8.16. The summed E-state index contributed by atoms with van der Waals surface area (Å²) in [5.41, 5.74) is 0.